The molecule has 7 nitrogen and oxygen atoms in total. The van der Waals surface area contributed by atoms with Crippen molar-refractivity contribution in [2.24, 2.45) is 0 Å². The molecule has 0 aliphatic rings. The molecular formula is C11H5Cl2N5O2. The number of hydrogen-bond acceptors (Lipinski definition) is 6. The van der Waals surface area contributed by atoms with Gasteiger partial charge in [-0.25, -0.2) is 4.98 Å². The van der Waals surface area contributed by atoms with Crippen LogP contribution < -0.4 is 5.32 Å². The Morgan fingerprint density at radius 3 is 2.80 bits per heavy atom. The van der Waals surface area contributed by atoms with Crippen LogP contribution in [0.15, 0.2) is 24.4 Å². The highest BCUT2D eigenvalue weighted by Crippen LogP contribution is 2.28. The van der Waals surface area contributed by atoms with E-state index in [0.717, 1.165) is 6.20 Å². The third-order valence-corrected chi connectivity index (χ3v) is 2.71. The SMILES string of the molecule is N#Cc1ccc(Cl)cc1Nc1nc(Cl)ncc1[N+](=O)[O-]. The smallest absolute Gasteiger partial charge is 0.329 e. The van der Waals surface area contributed by atoms with Crippen molar-refractivity contribution in [3.8, 4) is 6.07 Å². The van der Waals surface area contributed by atoms with Gasteiger partial charge in [0, 0.05) is 5.02 Å². The average Bonchev–Trinajstić information content (AvgIpc) is 2.38. The Morgan fingerprint density at radius 1 is 1.40 bits per heavy atom. The fraction of sp³-hybridized carbons (Fsp3) is 0. The van der Waals surface area contributed by atoms with Crippen molar-refractivity contribution in [1.82, 2.24) is 9.97 Å². The zero-order valence-corrected chi connectivity index (χ0v) is 11.2. The predicted molar refractivity (Wildman–Crippen MR) is 73.1 cm³/mol. The van der Waals surface area contributed by atoms with Gasteiger partial charge in [0.25, 0.3) is 0 Å². The maximum absolute atomic E-state index is 10.9. The predicted octanol–water partition coefficient (Wildman–Crippen LogP) is 3.31. The van der Waals surface area contributed by atoms with Crippen molar-refractivity contribution in [2.75, 3.05) is 5.32 Å². The van der Waals surface area contributed by atoms with Gasteiger partial charge in [-0.2, -0.15) is 10.2 Å². The van der Waals surface area contributed by atoms with E-state index >= 15 is 0 Å². The molecule has 2 aromatic rings. The number of nitro groups is 1. The monoisotopic (exact) mass is 309 g/mol. The first kappa shape index (κ1) is 14.0. The third kappa shape index (κ3) is 2.93. The number of benzene rings is 1. The summed E-state index contributed by atoms with van der Waals surface area (Å²) in [6, 6.07) is 6.42. The Bertz CT molecular complexity index is 729. The van der Waals surface area contributed by atoms with Gasteiger partial charge < -0.3 is 5.32 Å². The number of nitrogens with zero attached hydrogens (tertiary/aromatic N) is 4. The summed E-state index contributed by atoms with van der Waals surface area (Å²) in [5.41, 5.74) is 0.189. The van der Waals surface area contributed by atoms with Gasteiger partial charge in [-0.05, 0) is 29.8 Å². The molecule has 2 rings (SSSR count). The standard InChI is InChI=1S/C11H5Cl2N5O2/c12-7-2-1-6(4-14)8(3-7)16-10-9(18(19)20)5-15-11(13)17-10/h1-3,5H,(H,15,16,17). The lowest BCUT2D eigenvalue weighted by Crippen LogP contribution is -2.02. The van der Waals surface area contributed by atoms with Crippen molar-refractivity contribution < 1.29 is 4.92 Å². The molecule has 0 aliphatic carbocycles. The van der Waals surface area contributed by atoms with Crippen molar-refractivity contribution in [3.63, 3.8) is 0 Å². The van der Waals surface area contributed by atoms with Crippen LogP contribution in [0.5, 0.6) is 0 Å². The minimum atomic E-state index is -0.657. The molecule has 1 aromatic heterocycles. The summed E-state index contributed by atoms with van der Waals surface area (Å²) in [5.74, 6) is -0.117. The van der Waals surface area contributed by atoms with Crippen molar-refractivity contribution in [3.05, 3.63) is 50.4 Å². The summed E-state index contributed by atoms with van der Waals surface area (Å²) < 4.78 is 0. The molecule has 20 heavy (non-hydrogen) atoms. The highest BCUT2D eigenvalue weighted by molar-refractivity contribution is 6.31. The molecule has 0 radical (unpaired) electrons. The van der Waals surface area contributed by atoms with E-state index in [9.17, 15) is 10.1 Å². The summed E-state index contributed by atoms with van der Waals surface area (Å²) in [6.45, 7) is 0. The second kappa shape index (κ2) is 5.69. The highest BCUT2D eigenvalue weighted by atomic mass is 35.5. The van der Waals surface area contributed by atoms with Gasteiger partial charge in [-0.3, -0.25) is 10.1 Å². The maximum atomic E-state index is 10.9. The second-order valence-electron chi connectivity index (χ2n) is 3.56. The van der Waals surface area contributed by atoms with E-state index in [1.54, 1.807) is 0 Å². The van der Waals surface area contributed by atoms with E-state index in [-0.39, 0.29) is 28.0 Å². The molecule has 0 aliphatic heterocycles. The Labute approximate surface area is 122 Å². The van der Waals surface area contributed by atoms with Crippen LogP contribution in [0.4, 0.5) is 17.2 Å². The fourth-order valence-corrected chi connectivity index (χ4v) is 1.73. The van der Waals surface area contributed by atoms with Crippen LogP contribution in [-0.2, 0) is 0 Å². The normalized spacial score (nSPS) is 9.85. The van der Waals surface area contributed by atoms with Crippen LogP contribution in [0, 0.1) is 21.4 Å². The zero-order chi connectivity index (χ0) is 14.7. The Balaban J connectivity index is 2.50. The highest BCUT2D eigenvalue weighted by Gasteiger charge is 2.18. The molecule has 0 saturated heterocycles. The lowest BCUT2D eigenvalue weighted by atomic mass is 10.2. The first-order valence-electron chi connectivity index (χ1n) is 5.15. The lowest BCUT2D eigenvalue weighted by Gasteiger charge is -2.08. The van der Waals surface area contributed by atoms with Gasteiger partial charge >= 0.3 is 5.69 Å². The summed E-state index contributed by atoms with van der Waals surface area (Å²) in [4.78, 5) is 17.5. The van der Waals surface area contributed by atoms with E-state index in [1.165, 1.54) is 18.2 Å². The second-order valence-corrected chi connectivity index (χ2v) is 4.33. The molecule has 100 valence electrons. The first-order chi connectivity index (χ1) is 9.51. The molecule has 0 unspecified atom stereocenters. The molecule has 1 aromatic carbocycles. The van der Waals surface area contributed by atoms with Crippen molar-refractivity contribution >= 4 is 40.4 Å². The number of nitrogens with one attached hydrogen (secondary N) is 1. The Hall–Kier alpha value is -2.43. The number of anilines is 2. The van der Waals surface area contributed by atoms with Crippen LogP contribution in [0.25, 0.3) is 0 Å². The van der Waals surface area contributed by atoms with Crippen LogP contribution in [0.3, 0.4) is 0 Å². The van der Waals surface area contributed by atoms with E-state index in [4.69, 9.17) is 28.5 Å². The van der Waals surface area contributed by atoms with E-state index in [1.807, 2.05) is 6.07 Å². The molecule has 9 heteroatoms. The topological polar surface area (TPSA) is 105 Å². The van der Waals surface area contributed by atoms with E-state index < -0.39 is 4.92 Å². The van der Waals surface area contributed by atoms with Crippen molar-refractivity contribution in [2.45, 2.75) is 0 Å². The summed E-state index contributed by atoms with van der Waals surface area (Å²) in [6.07, 6.45) is 0.980. The van der Waals surface area contributed by atoms with E-state index in [2.05, 4.69) is 15.3 Å². The first-order valence-corrected chi connectivity index (χ1v) is 5.90. The molecule has 0 fully saturated rings. The number of rotatable bonds is 3. The fourth-order valence-electron chi connectivity index (χ4n) is 1.42. The molecule has 1 heterocycles. The minimum absolute atomic E-state index is 0.117. The third-order valence-electron chi connectivity index (χ3n) is 2.29. The summed E-state index contributed by atoms with van der Waals surface area (Å²) in [5, 5.41) is 22.8. The average molecular weight is 310 g/mol. The molecular weight excluding hydrogens is 305 g/mol. The van der Waals surface area contributed by atoms with Gasteiger partial charge in [0.2, 0.25) is 11.1 Å². The molecule has 0 bridgehead atoms. The van der Waals surface area contributed by atoms with Gasteiger partial charge in [0.05, 0.1) is 16.2 Å². The van der Waals surface area contributed by atoms with Crippen LogP contribution in [0.1, 0.15) is 5.56 Å². The molecule has 1 N–H and O–H groups in total. The van der Waals surface area contributed by atoms with Crippen LogP contribution in [-0.4, -0.2) is 14.9 Å². The van der Waals surface area contributed by atoms with Gasteiger partial charge in [-0.15, -0.1) is 0 Å². The van der Waals surface area contributed by atoms with E-state index in [0.29, 0.717) is 5.02 Å². The summed E-state index contributed by atoms with van der Waals surface area (Å²) >= 11 is 11.4. The quantitative estimate of drug-likeness (QED) is 0.530. The number of halogens is 2. The molecule has 0 atom stereocenters. The maximum Gasteiger partial charge on any atom is 0.329 e. The largest absolute Gasteiger partial charge is 0.333 e. The van der Waals surface area contributed by atoms with Crippen LogP contribution in [0.2, 0.25) is 10.3 Å². The minimum Gasteiger partial charge on any atom is -0.333 e. The Morgan fingerprint density at radius 2 is 2.15 bits per heavy atom. The summed E-state index contributed by atoms with van der Waals surface area (Å²) in [7, 11) is 0. The molecule has 0 spiro atoms. The van der Waals surface area contributed by atoms with Crippen LogP contribution >= 0.6 is 23.2 Å². The number of hydrogen-bond donors (Lipinski definition) is 1. The van der Waals surface area contributed by atoms with Gasteiger partial charge in [0.15, 0.2) is 0 Å². The molecule has 0 amide bonds. The van der Waals surface area contributed by atoms with Crippen molar-refractivity contribution in [1.29, 1.82) is 5.26 Å². The van der Waals surface area contributed by atoms with Gasteiger partial charge in [-0.1, -0.05) is 11.6 Å². The molecule has 0 saturated carbocycles. The number of nitriles is 1. The zero-order valence-electron chi connectivity index (χ0n) is 9.67. The van der Waals surface area contributed by atoms with Gasteiger partial charge in [0.1, 0.15) is 12.3 Å². The Kier molecular flexibility index (Phi) is 3.98. The lowest BCUT2D eigenvalue weighted by molar-refractivity contribution is -0.384. The number of aromatic nitrogens is 2.